The molecule has 3 rings (SSSR count). The van der Waals surface area contributed by atoms with Gasteiger partial charge in [0.05, 0.1) is 0 Å². The number of fused-ring (bicyclic) bond motifs is 1. The van der Waals surface area contributed by atoms with Crippen molar-refractivity contribution in [3.8, 4) is 0 Å². The summed E-state index contributed by atoms with van der Waals surface area (Å²) in [6.07, 6.45) is -6.09. The van der Waals surface area contributed by atoms with E-state index in [1.807, 2.05) is 0 Å². The number of carbonyl (C=O) groups excluding carboxylic acids is 1. The van der Waals surface area contributed by atoms with Crippen molar-refractivity contribution in [1.82, 2.24) is 14.6 Å². The molecular formula is C15H9ClF4N4O. The van der Waals surface area contributed by atoms with Gasteiger partial charge in [0.2, 0.25) is 0 Å². The highest BCUT2D eigenvalue weighted by Crippen LogP contribution is 2.25. The van der Waals surface area contributed by atoms with Crippen LogP contribution in [0.25, 0.3) is 5.65 Å². The average Bonchev–Trinajstić information content (AvgIpc) is 2.97. The van der Waals surface area contributed by atoms with E-state index in [-0.39, 0.29) is 11.3 Å². The van der Waals surface area contributed by atoms with Crippen LogP contribution in [0.1, 0.15) is 34.7 Å². The van der Waals surface area contributed by atoms with E-state index in [1.165, 1.54) is 6.07 Å². The summed E-state index contributed by atoms with van der Waals surface area (Å²) >= 11 is 5.81. The number of halogens is 5. The fourth-order valence-corrected chi connectivity index (χ4v) is 2.35. The van der Waals surface area contributed by atoms with Gasteiger partial charge in [-0.15, -0.1) is 0 Å². The van der Waals surface area contributed by atoms with Gasteiger partial charge < -0.3 is 5.32 Å². The molecule has 0 aliphatic carbocycles. The van der Waals surface area contributed by atoms with Crippen LogP contribution in [0.5, 0.6) is 0 Å². The maximum Gasteiger partial charge on any atom is 0.280 e. The van der Waals surface area contributed by atoms with Gasteiger partial charge in [-0.1, -0.05) is 17.7 Å². The van der Waals surface area contributed by atoms with Gasteiger partial charge in [-0.3, -0.25) is 4.79 Å². The Morgan fingerprint density at radius 2 is 1.88 bits per heavy atom. The molecule has 0 radical (unpaired) electrons. The summed E-state index contributed by atoms with van der Waals surface area (Å²) in [5.41, 5.74) is -1.75. The number of nitrogens with one attached hydrogen (secondary N) is 1. The van der Waals surface area contributed by atoms with E-state index < -0.39 is 30.1 Å². The Morgan fingerprint density at radius 3 is 2.52 bits per heavy atom. The minimum Gasteiger partial charge on any atom is -0.321 e. The third-order valence-corrected chi connectivity index (χ3v) is 3.47. The second-order valence-electron chi connectivity index (χ2n) is 4.97. The number of aromatic nitrogens is 3. The smallest absolute Gasteiger partial charge is 0.280 e. The number of alkyl halides is 4. The summed E-state index contributed by atoms with van der Waals surface area (Å²) < 4.78 is 52.5. The van der Waals surface area contributed by atoms with Crippen LogP contribution in [-0.4, -0.2) is 20.5 Å². The summed E-state index contributed by atoms with van der Waals surface area (Å²) in [6, 6.07) is 7.87. The number of benzene rings is 1. The molecule has 0 aliphatic rings. The normalized spacial score (nSPS) is 11.5. The van der Waals surface area contributed by atoms with Crippen LogP contribution < -0.4 is 5.32 Å². The summed E-state index contributed by atoms with van der Waals surface area (Å²) in [6.45, 7) is 0. The number of carbonyl (C=O) groups is 1. The Bertz CT molecular complexity index is 944. The largest absolute Gasteiger partial charge is 0.321 e. The first-order valence-electron chi connectivity index (χ1n) is 6.89. The van der Waals surface area contributed by atoms with Gasteiger partial charge in [0.15, 0.2) is 11.3 Å². The van der Waals surface area contributed by atoms with Gasteiger partial charge in [0.25, 0.3) is 18.8 Å². The minimum atomic E-state index is -3.06. The topological polar surface area (TPSA) is 59.3 Å². The first kappa shape index (κ1) is 17.2. The van der Waals surface area contributed by atoms with Crippen LogP contribution >= 0.6 is 11.6 Å². The third kappa shape index (κ3) is 3.55. The van der Waals surface area contributed by atoms with Crippen molar-refractivity contribution in [2.24, 2.45) is 0 Å². The number of nitrogens with zero attached hydrogens (tertiary/aromatic N) is 3. The second kappa shape index (κ2) is 6.67. The maximum absolute atomic E-state index is 13.1. The molecule has 2 aromatic heterocycles. The zero-order chi connectivity index (χ0) is 18.1. The van der Waals surface area contributed by atoms with E-state index in [1.54, 1.807) is 18.2 Å². The molecule has 0 spiro atoms. The predicted octanol–water partition coefficient (Wildman–Crippen LogP) is 4.51. The van der Waals surface area contributed by atoms with E-state index in [2.05, 4.69) is 15.4 Å². The predicted molar refractivity (Wildman–Crippen MR) is 82.3 cm³/mol. The van der Waals surface area contributed by atoms with Gasteiger partial charge in [-0.05, 0) is 24.3 Å². The van der Waals surface area contributed by atoms with Crippen LogP contribution in [0.4, 0.5) is 23.2 Å². The first-order valence-corrected chi connectivity index (χ1v) is 7.27. The van der Waals surface area contributed by atoms with Crippen molar-refractivity contribution in [3.63, 3.8) is 0 Å². The van der Waals surface area contributed by atoms with Gasteiger partial charge in [0, 0.05) is 16.8 Å². The van der Waals surface area contributed by atoms with Crippen molar-refractivity contribution in [3.05, 3.63) is 58.5 Å². The first-order chi connectivity index (χ1) is 11.8. The summed E-state index contributed by atoms with van der Waals surface area (Å²) in [4.78, 5) is 15.8. The number of hydrogen-bond acceptors (Lipinski definition) is 3. The monoisotopic (exact) mass is 372 g/mol. The quantitative estimate of drug-likeness (QED) is 0.685. The fourth-order valence-electron chi connectivity index (χ4n) is 2.16. The van der Waals surface area contributed by atoms with E-state index in [0.29, 0.717) is 21.3 Å². The molecule has 25 heavy (non-hydrogen) atoms. The molecule has 130 valence electrons. The Labute approximate surface area is 143 Å². The highest BCUT2D eigenvalue weighted by molar-refractivity contribution is 6.30. The van der Waals surface area contributed by atoms with E-state index in [0.717, 1.165) is 6.07 Å². The highest BCUT2D eigenvalue weighted by atomic mass is 35.5. The zero-order valence-corrected chi connectivity index (χ0v) is 13.0. The SMILES string of the molecule is O=C(Nc1cccc(Cl)c1)c1cc2nc(C(F)F)cc(C(F)F)n2n1. The molecule has 0 fully saturated rings. The van der Waals surface area contributed by atoms with Crippen molar-refractivity contribution in [1.29, 1.82) is 0 Å². The van der Waals surface area contributed by atoms with Gasteiger partial charge >= 0.3 is 0 Å². The van der Waals surface area contributed by atoms with E-state index >= 15 is 0 Å². The molecule has 5 nitrogen and oxygen atoms in total. The number of anilines is 1. The fraction of sp³-hybridized carbons (Fsp3) is 0.133. The Kier molecular flexibility index (Phi) is 4.58. The van der Waals surface area contributed by atoms with Crippen molar-refractivity contribution in [2.75, 3.05) is 5.32 Å². The standard InChI is InChI=1S/C15H9ClF4N4O/c16-7-2-1-3-8(4-7)21-15(25)10-6-12-22-9(13(17)18)5-11(14(19)20)24(12)23-10/h1-6,13-14H,(H,21,25). The van der Waals surface area contributed by atoms with Gasteiger partial charge in [-0.25, -0.2) is 27.1 Å². The summed E-state index contributed by atoms with van der Waals surface area (Å²) in [5, 5.41) is 6.61. The summed E-state index contributed by atoms with van der Waals surface area (Å²) in [5.74, 6) is -0.716. The minimum absolute atomic E-state index is 0.249. The lowest BCUT2D eigenvalue weighted by Crippen LogP contribution is -2.13. The lowest BCUT2D eigenvalue weighted by molar-refractivity contribution is 0.102. The molecule has 1 amide bonds. The average molecular weight is 373 g/mol. The van der Waals surface area contributed by atoms with Crippen LogP contribution in [-0.2, 0) is 0 Å². The van der Waals surface area contributed by atoms with Gasteiger partial charge in [-0.2, -0.15) is 5.10 Å². The number of hydrogen-bond donors (Lipinski definition) is 1. The van der Waals surface area contributed by atoms with Crippen molar-refractivity contribution >= 4 is 28.8 Å². The molecule has 0 aliphatic heterocycles. The summed E-state index contributed by atoms with van der Waals surface area (Å²) in [7, 11) is 0. The maximum atomic E-state index is 13.1. The van der Waals surface area contributed by atoms with E-state index in [9.17, 15) is 22.4 Å². The molecule has 0 bridgehead atoms. The van der Waals surface area contributed by atoms with Crippen LogP contribution in [0.3, 0.4) is 0 Å². The number of amides is 1. The van der Waals surface area contributed by atoms with Crippen molar-refractivity contribution in [2.45, 2.75) is 12.9 Å². The third-order valence-electron chi connectivity index (χ3n) is 3.24. The molecule has 0 saturated carbocycles. The zero-order valence-electron chi connectivity index (χ0n) is 12.3. The van der Waals surface area contributed by atoms with E-state index in [4.69, 9.17) is 11.6 Å². The molecule has 0 saturated heterocycles. The molecule has 3 aromatic rings. The molecule has 1 N–H and O–H groups in total. The Morgan fingerprint density at radius 1 is 1.12 bits per heavy atom. The van der Waals surface area contributed by atoms with Gasteiger partial charge in [0.1, 0.15) is 11.4 Å². The second-order valence-corrected chi connectivity index (χ2v) is 5.41. The van der Waals surface area contributed by atoms with Crippen LogP contribution in [0, 0.1) is 0 Å². The molecule has 10 heteroatoms. The Balaban J connectivity index is 2.00. The van der Waals surface area contributed by atoms with Crippen molar-refractivity contribution < 1.29 is 22.4 Å². The van der Waals surface area contributed by atoms with Crippen LogP contribution in [0.2, 0.25) is 5.02 Å². The Hall–Kier alpha value is -2.68. The molecular weight excluding hydrogens is 364 g/mol. The molecule has 0 atom stereocenters. The molecule has 0 unspecified atom stereocenters. The lowest BCUT2D eigenvalue weighted by atomic mass is 10.3. The molecule has 2 heterocycles. The highest BCUT2D eigenvalue weighted by Gasteiger charge is 2.22. The van der Waals surface area contributed by atoms with Crippen LogP contribution in [0.15, 0.2) is 36.4 Å². The number of rotatable bonds is 4. The lowest BCUT2D eigenvalue weighted by Gasteiger charge is -2.06. The molecule has 1 aromatic carbocycles.